The molecular formula is C18H18BrN5O. The summed E-state index contributed by atoms with van der Waals surface area (Å²) in [7, 11) is 0. The Morgan fingerprint density at radius 2 is 1.84 bits per heavy atom. The fraction of sp³-hybridized carbons (Fsp3) is 0.222. The van der Waals surface area contributed by atoms with E-state index in [1.807, 2.05) is 31.2 Å². The fourth-order valence-electron chi connectivity index (χ4n) is 2.38. The van der Waals surface area contributed by atoms with Gasteiger partial charge in [-0.3, -0.25) is 4.79 Å². The van der Waals surface area contributed by atoms with Crippen molar-refractivity contribution in [3.63, 3.8) is 0 Å². The summed E-state index contributed by atoms with van der Waals surface area (Å²) >= 11 is 3.40. The van der Waals surface area contributed by atoms with Crippen LogP contribution in [0, 0.1) is 6.92 Å². The summed E-state index contributed by atoms with van der Waals surface area (Å²) in [4.78, 5) is 12.1. The first kappa shape index (κ1) is 17.3. The van der Waals surface area contributed by atoms with Gasteiger partial charge in [0.15, 0.2) is 5.82 Å². The van der Waals surface area contributed by atoms with Crippen LogP contribution < -0.4 is 5.32 Å². The van der Waals surface area contributed by atoms with Gasteiger partial charge in [-0.1, -0.05) is 45.8 Å². The number of hydrogen-bond donors (Lipinski definition) is 1. The van der Waals surface area contributed by atoms with Crippen LogP contribution in [0.4, 0.5) is 0 Å². The SMILES string of the molecule is Cc1ccc(CCC(=O)NCc2nnnn2-c2ccc(Br)cc2)cc1. The van der Waals surface area contributed by atoms with Gasteiger partial charge < -0.3 is 5.32 Å². The standard InChI is InChI=1S/C18H18BrN5O/c1-13-2-4-14(5-3-13)6-11-18(25)20-12-17-21-22-23-24(17)16-9-7-15(19)8-10-16/h2-5,7-10H,6,11-12H2,1H3,(H,20,25). The molecule has 1 aromatic heterocycles. The second-order valence-corrected chi connectivity index (χ2v) is 6.66. The molecule has 0 spiro atoms. The van der Waals surface area contributed by atoms with Crippen LogP contribution in [0.25, 0.3) is 5.69 Å². The molecule has 0 atom stereocenters. The highest BCUT2D eigenvalue weighted by molar-refractivity contribution is 9.10. The molecule has 0 radical (unpaired) electrons. The van der Waals surface area contributed by atoms with Crippen LogP contribution in [0.15, 0.2) is 53.0 Å². The molecule has 3 aromatic rings. The molecule has 1 heterocycles. The van der Waals surface area contributed by atoms with Crippen LogP contribution in [0.1, 0.15) is 23.4 Å². The smallest absolute Gasteiger partial charge is 0.220 e. The van der Waals surface area contributed by atoms with Gasteiger partial charge in [-0.15, -0.1) is 5.10 Å². The minimum atomic E-state index is -0.0223. The molecule has 0 aliphatic rings. The van der Waals surface area contributed by atoms with Crippen molar-refractivity contribution in [1.82, 2.24) is 25.5 Å². The highest BCUT2D eigenvalue weighted by atomic mass is 79.9. The summed E-state index contributed by atoms with van der Waals surface area (Å²) in [6.45, 7) is 2.34. The van der Waals surface area contributed by atoms with Crippen molar-refractivity contribution in [1.29, 1.82) is 0 Å². The number of benzene rings is 2. The Hall–Kier alpha value is -2.54. The van der Waals surface area contributed by atoms with Gasteiger partial charge in [0.25, 0.3) is 0 Å². The minimum absolute atomic E-state index is 0.0223. The van der Waals surface area contributed by atoms with E-state index in [4.69, 9.17) is 0 Å². The number of carbonyl (C=O) groups is 1. The van der Waals surface area contributed by atoms with E-state index in [9.17, 15) is 4.79 Å². The fourth-order valence-corrected chi connectivity index (χ4v) is 2.64. The lowest BCUT2D eigenvalue weighted by atomic mass is 10.1. The normalized spacial score (nSPS) is 10.6. The molecule has 25 heavy (non-hydrogen) atoms. The molecule has 3 rings (SSSR count). The van der Waals surface area contributed by atoms with Crippen molar-refractivity contribution in [3.05, 3.63) is 70.0 Å². The summed E-state index contributed by atoms with van der Waals surface area (Å²) in [5.41, 5.74) is 3.21. The van der Waals surface area contributed by atoms with Crippen LogP contribution in [0.5, 0.6) is 0 Å². The molecule has 0 fully saturated rings. The Morgan fingerprint density at radius 1 is 1.12 bits per heavy atom. The molecule has 0 saturated carbocycles. The van der Waals surface area contributed by atoms with E-state index in [0.717, 1.165) is 15.7 Å². The topological polar surface area (TPSA) is 72.7 Å². The zero-order valence-corrected chi connectivity index (χ0v) is 15.4. The highest BCUT2D eigenvalue weighted by Crippen LogP contribution is 2.14. The first-order valence-electron chi connectivity index (χ1n) is 7.97. The van der Waals surface area contributed by atoms with Crippen LogP contribution in [0.3, 0.4) is 0 Å². The number of tetrazole rings is 1. The largest absolute Gasteiger partial charge is 0.349 e. The van der Waals surface area contributed by atoms with Crippen LogP contribution in [0.2, 0.25) is 0 Å². The Balaban J connectivity index is 1.55. The molecule has 0 unspecified atom stereocenters. The third-order valence-electron chi connectivity index (χ3n) is 3.81. The lowest BCUT2D eigenvalue weighted by Crippen LogP contribution is -2.25. The summed E-state index contributed by atoms with van der Waals surface area (Å²) in [6.07, 6.45) is 1.15. The van der Waals surface area contributed by atoms with Crippen molar-refractivity contribution in [2.45, 2.75) is 26.3 Å². The molecule has 0 saturated heterocycles. The van der Waals surface area contributed by atoms with Gasteiger partial charge >= 0.3 is 0 Å². The lowest BCUT2D eigenvalue weighted by Gasteiger charge is -2.07. The zero-order valence-electron chi connectivity index (χ0n) is 13.8. The number of carbonyl (C=O) groups excluding carboxylic acids is 1. The van der Waals surface area contributed by atoms with Crippen molar-refractivity contribution in [2.75, 3.05) is 0 Å². The molecule has 1 N–H and O–H groups in total. The first-order valence-corrected chi connectivity index (χ1v) is 8.76. The predicted molar refractivity (Wildman–Crippen MR) is 98.2 cm³/mol. The Morgan fingerprint density at radius 3 is 2.56 bits per heavy atom. The number of amides is 1. The molecule has 0 aliphatic heterocycles. The third kappa shape index (κ3) is 4.73. The molecular weight excluding hydrogens is 382 g/mol. The summed E-state index contributed by atoms with van der Waals surface area (Å²) in [5, 5.41) is 14.6. The van der Waals surface area contributed by atoms with Crippen molar-refractivity contribution >= 4 is 21.8 Å². The van der Waals surface area contributed by atoms with Crippen LogP contribution >= 0.6 is 15.9 Å². The summed E-state index contributed by atoms with van der Waals surface area (Å²) in [6, 6.07) is 15.9. The number of aromatic nitrogens is 4. The van der Waals surface area contributed by atoms with Gasteiger partial charge in [0.05, 0.1) is 12.2 Å². The summed E-state index contributed by atoms with van der Waals surface area (Å²) < 4.78 is 2.60. The number of nitrogens with zero attached hydrogens (tertiary/aromatic N) is 4. The van der Waals surface area contributed by atoms with Gasteiger partial charge in [0.1, 0.15) is 0 Å². The van der Waals surface area contributed by atoms with Crippen LogP contribution in [-0.4, -0.2) is 26.1 Å². The maximum absolute atomic E-state index is 12.1. The summed E-state index contributed by atoms with van der Waals surface area (Å²) in [5.74, 6) is 0.567. The van der Waals surface area contributed by atoms with Gasteiger partial charge in [-0.25, -0.2) is 0 Å². The van der Waals surface area contributed by atoms with Crippen molar-refractivity contribution in [3.8, 4) is 5.69 Å². The quantitative estimate of drug-likeness (QED) is 0.691. The number of aryl methyl sites for hydroxylation is 2. The molecule has 6 nitrogen and oxygen atoms in total. The second-order valence-electron chi connectivity index (χ2n) is 5.75. The molecule has 1 amide bonds. The Labute approximate surface area is 154 Å². The Kier molecular flexibility index (Phi) is 5.55. The van der Waals surface area contributed by atoms with Crippen molar-refractivity contribution in [2.24, 2.45) is 0 Å². The van der Waals surface area contributed by atoms with E-state index < -0.39 is 0 Å². The monoisotopic (exact) mass is 399 g/mol. The van der Waals surface area contributed by atoms with Gasteiger partial charge in [-0.2, -0.15) is 4.68 Å². The van der Waals surface area contributed by atoms with E-state index in [1.54, 1.807) is 4.68 Å². The lowest BCUT2D eigenvalue weighted by molar-refractivity contribution is -0.121. The maximum atomic E-state index is 12.1. The van der Waals surface area contributed by atoms with E-state index in [2.05, 4.69) is 61.0 Å². The third-order valence-corrected chi connectivity index (χ3v) is 4.34. The van der Waals surface area contributed by atoms with Gasteiger partial charge in [0.2, 0.25) is 5.91 Å². The molecule has 128 valence electrons. The van der Waals surface area contributed by atoms with Gasteiger partial charge in [-0.05, 0) is 53.6 Å². The molecule has 0 aliphatic carbocycles. The number of nitrogens with one attached hydrogen (secondary N) is 1. The zero-order chi connectivity index (χ0) is 17.6. The average Bonchev–Trinajstić information content (AvgIpc) is 3.09. The molecule has 2 aromatic carbocycles. The minimum Gasteiger partial charge on any atom is -0.349 e. The Bertz CT molecular complexity index is 843. The van der Waals surface area contributed by atoms with Crippen LogP contribution in [-0.2, 0) is 17.8 Å². The highest BCUT2D eigenvalue weighted by Gasteiger charge is 2.10. The number of rotatable bonds is 6. The number of halogens is 1. The number of hydrogen-bond acceptors (Lipinski definition) is 4. The average molecular weight is 400 g/mol. The van der Waals surface area contributed by atoms with E-state index in [1.165, 1.54) is 5.56 Å². The first-order chi connectivity index (χ1) is 12.1. The van der Waals surface area contributed by atoms with Gasteiger partial charge in [0, 0.05) is 10.9 Å². The van der Waals surface area contributed by atoms with E-state index in [0.29, 0.717) is 18.7 Å². The molecule has 7 heteroatoms. The van der Waals surface area contributed by atoms with Crippen molar-refractivity contribution < 1.29 is 4.79 Å². The molecule has 0 bridgehead atoms. The maximum Gasteiger partial charge on any atom is 0.220 e. The van der Waals surface area contributed by atoms with E-state index in [-0.39, 0.29) is 12.5 Å². The predicted octanol–water partition coefficient (Wildman–Crippen LogP) is 2.98. The second kappa shape index (κ2) is 8.02. The van der Waals surface area contributed by atoms with E-state index >= 15 is 0 Å².